The van der Waals surface area contributed by atoms with Crippen LogP contribution in [0.15, 0.2) is 72.9 Å². The summed E-state index contributed by atoms with van der Waals surface area (Å²) in [6.45, 7) is 4.14. The number of carbonyl (C=O) groups is 1. The van der Waals surface area contributed by atoms with Gasteiger partial charge in [-0.1, -0.05) is 56.3 Å². The van der Waals surface area contributed by atoms with Crippen LogP contribution in [0, 0.1) is 5.92 Å². The van der Waals surface area contributed by atoms with Gasteiger partial charge in [0.1, 0.15) is 11.5 Å². The van der Waals surface area contributed by atoms with Gasteiger partial charge >= 0.3 is 0 Å². The van der Waals surface area contributed by atoms with Crippen LogP contribution in [-0.2, 0) is 4.79 Å². The lowest BCUT2D eigenvalue weighted by atomic mass is 9.86. The third-order valence-corrected chi connectivity index (χ3v) is 5.52. The predicted octanol–water partition coefficient (Wildman–Crippen LogP) is 4.48. The Morgan fingerprint density at radius 3 is 2.23 bits per heavy atom. The second kappa shape index (κ2) is 7.30. The molecule has 0 radical (unpaired) electrons. The third kappa shape index (κ3) is 3.01. The van der Waals surface area contributed by atoms with Crippen molar-refractivity contribution in [2.45, 2.75) is 25.8 Å². The lowest BCUT2D eigenvalue weighted by molar-refractivity contribution is -0.123. The van der Waals surface area contributed by atoms with Crippen LogP contribution >= 0.6 is 0 Å². The molecule has 1 atom stereocenters. The number of carbonyl (C=O) groups excluding carboxylic acids is 1. The Morgan fingerprint density at radius 2 is 1.57 bits per heavy atom. The molecular formula is C24H22N4O2. The lowest BCUT2D eigenvalue weighted by Gasteiger charge is -2.29. The zero-order valence-electron chi connectivity index (χ0n) is 16.8. The van der Waals surface area contributed by atoms with Gasteiger partial charge in [0, 0.05) is 17.3 Å². The molecule has 0 bridgehead atoms. The van der Waals surface area contributed by atoms with Crippen LogP contribution in [0.25, 0.3) is 5.65 Å². The number of hydrogen-bond acceptors (Lipinski definition) is 4. The maximum atomic E-state index is 13.6. The SMILES string of the molecule is CC(C)[C@H](NC(=O)C1c2ccccc2Oc2ccccc21)c1nnc2ccccn12. The summed E-state index contributed by atoms with van der Waals surface area (Å²) in [6.07, 6.45) is 1.92. The van der Waals surface area contributed by atoms with Gasteiger partial charge in [-0.15, -0.1) is 10.2 Å². The highest BCUT2D eigenvalue weighted by atomic mass is 16.5. The fourth-order valence-corrected chi connectivity index (χ4v) is 4.03. The van der Waals surface area contributed by atoms with Crippen LogP contribution in [0.4, 0.5) is 0 Å². The first kappa shape index (κ1) is 18.4. The Bertz CT molecular complexity index is 1190. The Labute approximate surface area is 174 Å². The number of nitrogens with one attached hydrogen (secondary N) is 1. The maximum absolute atomic E-state index is 13.6. The Balaban J connectivity index is 1.54. The summed E-state index contributed by atoms with van der Waals surface area (Å²) >= 11 is 0. The second-order valence-corrected chi connectivity index (χ2v) is 7.83. The number of benzene rings is 2. The summed E-state index contributed by atoms with van der Waals surface area (Å²) in [5, 5.41) is 11.9. The number of para-hydroxylation sites is 2. The molecule has 150 valence electrons. The number of ether oxygens (including phenoxy) is 1. The average molecular weight is 398 g/mol. The molecular weight excluding hydrogens is 376 g/mol. The van der Waals surface area contributed by atoms with Crippen molar-refractivity contribution in [1.82, 2.24) is 19.9 Å². The van der Waals surface area contributed by atoms with Crippen LogP contribution in [0.2, 0.25) is 0 Å². The number of hydrogen-bond donors (Lipinski definition) is 1. The fraction of sp³-hybridized carbons (Fsp3) is 0.208. The van der Waals surface area contributed by atoms with E-state index >= 15 is 0 Å². The summed E-state index contributed by atoms with van der Waals surface area (Å²) in [7, 11) is 0. The molecule has 2 aromatic heterocycles. The minimum absolute atomic E-state index is 0.0791. The van der Waals surface area contributed by atoms with E-state index in [0.717, 1.165) is 22.6 Å². The van der Waals surface area contributed by atoms with Crippen molar-refractivity contribution in [3.05, 3.63) is 89.9 Å². The number of pyridine rings is 1. The monoisotopic (exact) mass is 398 g/mol. The molecule has 30 heavy (non-hydrogen) atoms. The van der Waals surface area contributed by atoms with E-state index in [-0.39, 0.29) is 17.9 Å². The first-order valence-corrected chi connectivity index (χ1v) is 10.1. The molecule has 0 spiro atoms. The van der Waals surface area contributed by atoms with Gasteiger partial charge in [-0.2, -0.15) is 0 Å². The fourth-order valence-electron chi connectivity index (χ4n) is 4.03. The summed E-state index contributed by atoms with van der Waals surface area (Å²) in [5.74, 6) is 1.75. The van der Waals surface area contributed by atoms with Crippen LogP contribution < -0.4 is 10.1 Å². The highest BCUT2D eigenvalue weighted by Crippen LogP contribution is 2.44. The molecule has 4 aromatic rings. The highest BCUT2D eigenvalue weighted by molar-refractivity contribution is 5.90. The van der Waals surface area contributed by atoms with E-state index in [1.54, 1.807) is 0 Å². The first-order chi connectivity index (χ1) is 14.6. The van der Waals surface area contributed by atoms with E-state index < -0.39 is 5.92 Å². The summed E-state index contributed by atoms with van der Waals surface area (Å²) in [5.41, 5.74) is 2.48. The molecule has 0 saturated carbocycles. The normalized spacial score (nSPS) is 14.1. The molecule has 6 nitrogen and oxygen atoms in total. The van der Waals surface area contributed by atoms with E-state index in [1.807, 2.05) is 77.3 Å². The molecule has 0 aliphatic carbocycles. The molecule has 1 aliphatic rings. The molecule has 6 heteroatoms. The molecule has 3 heterocycles. The van der Waals surface area contributed by atoms with Gasteiger partial charge < -0.3 is 10.1 Å². The molecule has 2 aromatic carbocycles. The Kier molecular flexibility index (Phi) is 4.47. The number of aromatic nitrogens is 3. The zero-order valence-corrected chi connectivity index (χ0v) is 16.8. The van der Waals surface area contributed by atoms with E-state index in [9.17, 15) is 4.79 Å². The number of fused-ring (bicyclic) bond motifs is 3. The standard InChI is InChI=1S/C24H22N4O2/c1-15(2)22(23-27-26-20-13-7-8-14-28(20)23)25-24(29)21-16-9-3-5-11-18(16)30-19-12-6-4-10-17(19)21/h3-15,21-22H,1-2H3,(H,25,29)/t22-/m0/s1. The first-order valence-electron chi connectivity index (χ1n) is 10.1. The van der Waals surface area contributed by atoms with Gasteiger partial charge in [-0.05, 0) is 30.2 Å². The van der Waals surface area contributed by atoms with Crippen molar-refractivity contribution in [2.75, 3.05) is 0 Å². The summed E-state index contributed by atoms with van der Waals surface area (Å²) < 4.78 is 7.96. The minimum Gasteiger partial charge on any atom is -0.457 e. The quantitative estimate of drug-likeness (QED) is 0.550. The molecule has 0 saturated heterocycles. The van der Waals surface area contributed by atoms with Crippen molar-refractivity contribution in [3.63, 3.8) is 0 Å². The van der Waals surface area contributed by atoms with Gasteiger partial charge in [-0.25, -0.2) is 0 Å². The van der Waals surface area contributed by atoms with E-state index in [2.05, 4.69) is 29.4 Å². The zero-order chi connectivity index (χ0) is 20.7. The van der Waals surface area contributed by atoms with Crippen molar-refractivity contribution in [3.8, 4) is 11.5 Å². The van der Waals surface area contributed by atoms with Crippen molar-refractivity contribution >= 4 is 11.6 Å². The molecule has 0 fully saturated rings. The van der Waals surface area contributed by atoms with Gasteiger partial charge in [0.2, 0.25) is 5.91 Å². The van der Waals surface area contributed by atoms with Gasteiger partial charge in [-0.3, -0.25) is 9.20 Å². The number of amides is 1. The molecule has 1 aliphatic heterocycles. The highest BCUT2D eigenvalue weighted by Gasteiger charge is 2.34. The molecule has 0 unspecified atom stereocenters. The van der Waals surface area contributed by atoms with Crippen molar-refractivity contribution in [1.29, 1.82) is 0 Å². The second-order valence-electron chi connectivity index (χ2n) is 7.83. The van der Waals surface area contributed by atoms with Gasteiger partial charge in [0.25, 0.3) is 0 Å². The maximum Gasteiger partial charge on any atom is 0.232 e. The Hall–Kier alpha value is -3.67. The largest absolute Gasteiger partial charge is 0.457 e. The van der Waals surface area contributed by atoms with Crippen LogP contribution in [0.5, 0.6) is 11.5 Å². The molecule has 1 amide bonds. The summed E-state index contributed by atoms with van der Waals surface area (Å²) in [4.78, 5) is 13.6. The Morgan fingerprint density at radius 1 is 0.933 bits per heavy atom. The third-order valence-electron chi connectivity index (χ3n) is 5.52. The molecule has 1 N–H and O–H groups in total. The van der Waals surface area contributed by atoms with Gasteiger partial charge in [0.15, 0.2) is 11.5 Å². The van der Waals surface area contributed by atoms with Crippen LogP contribution in [-0.4, -0.2) is 20.5 Å². The van der Waals surface area contributed by atoms with E-state index in [1.165, 1.54) is 0 Å². The number of rotatable bonds is 4. The smallest absolute Gasteiger partial charge is 0.232 e. The molecule has 5 rings (SSSR count). The van der Waals surface area contributed by atoms with Gasteiger partial charge in [0.05, 0.1) is 12.0 Å². The van der Waals surface area contributed by atoms with E-state index in [4.69, 9.17) is 4.74 Å². The average Bonchev–Trinajstić information content (AvgIpc) is 3.19. The lowest BCUT2D eigenvalue weighted by Crippen LogP contribution is -2.37. The predicted molar refractivity (Wildman–Crippen MR) is 114 cm³/mol. The van der Waals surface area contributed by atoms with Crippen LogP contribution in [0.3, 0.4) is 0 Å². The van der Waals surface area contributed by atoms with Crippen molar-refractivity contribution < 1.29 is 9.53 Å². The number of nitrogens with zero attached hydrogens (tertiary/aromatic N) is 3. The van der Waals surface area contributed by atoms with Crippen molar-refractivity contribution in [2.24, 2.45) is 5.92 Å². The minimum atomic E-state index is -0.452. The van der Waals surface area contributed by atoms with Crippen LogP contribution in [0.1, 0.15) is 42.8 Å². The van der Waals surface area contributed by atoms with E-state index in [0.29, 0.717) is 11.5 Å². The topological polar surface area (TPSA) is 68.5 Å². The summed E-state index contributed by atoms with van der Waals surface area (Å²) in [6, 6.07) is 20.9.